The van der Waals surface area contributed by atoms with Crippen molar-refractivity contribution in [3.63, 3.8) is 0 Å². The number of piperazine rings is 1. The molecule has 0 bridgehead atoms. The van der Waals surface area contributed by atoms with E-state index in [1.807, 2.05) is 12.1 Å². The fraction of sp³-hybridized carbons (Fsp3) is 0.400. The molecule has 2 aromatic rings. The predicted octanol–water partition coefficient (Wildman–Crippen LogP) is 2.41. The van der Waals surface area contributed by atoms with Gasteiger partial charge in [-0.25, -0.2) is 4.79 Å². The van der Waals surface area contributed by atoms with Crippen LogP contribution in [0.5, 0.6) is 11.5 Å². The highest BCUT2D eigenvalue weighted by Gasteiger charge is 2.22. The van der Waals surface area contributed by atoms with E-state index in [-0.39, 0.29) is 12.8 Å². The maximum absolute atomic E-state index is 12.5. The summed E-state index contributed by atoms with van der Waals surface area (Å²) in [6.45, 7) is 7.35. The number of fused-ring (bicyclic) bond motifs is 1. The number of carbonyl (C=O) groups excluding carboxylic acids is 1. The van der Waals surface area contributed by atoms with Gasteiger partial charge in [0.1, 0.15) is 7.14 Å². The number of pyridine rings is 1. The molecule has 0 aliphatic carbocycles. The summed E-state index contributed by atoms with van der Waals surface area (Å²) in [7, 11) is -2.39. The number of benzene rings is 1. The van der Waals surface area contributed by atoms with Gasteiger partial charge in [-0.3, -0.25) is 9.88 Å². The molecule has 154 valence electrons. The third-order valence-corrected chi connectivity index (χ3v) is 6.42. The smallest absolute Gasteiger partial charge is 0.321 e. The summed E-state index contributed by atoms with van der Waals surface area (Å²) in [6, 6.07) is 9.32. The summed E-state index contributed by atoms with van der Waals surface area (Å²) >= 11 is 0. The number of urea groups is 1. The topological polar surface area (TPSA) is 84.0 Å². The van der Waals surface area contributed by atoms with E-state index in [0.717, 1.165) is 31.1 Å². The molecule has 8 nitrogen and oxygen atoms in total. The van der Waals surface area contributed by atoms with Crippen molar-refractivity contribution in [1.29, 1.82) is 0 Å². The highest BCUT2D eigenvalue weighted by Crippen LogP contribution is 2.34. The quantitative estimate of drug-likeness (QED) is 0.771. The van der Waals surface area contributed by atoms with E-state index in [2.05, 4.69) is 21.3 Å². The second-order valence-corrected chi connectivity index (χ2v) is 10.8. The van der Waals surface area contributed by atoms with Crippen LogP contribution in [0.2, 0.25) is 0 Å². The van der Waals surface area contributed by atoms with E-state index >= 15 is 0 Å². The summed E-state index contributed by atoms with van der Waals surface area (Å²) in [5.74, 6) is 1.58. The van der Waals surface area contributed by atoms with Gasteiger partial charge < -0.3 is 24.3 Å². The van der Waals surface area contributed by atoms with Crippen LogP contribution < -0.4 is 20.2 Å². The number of hydrogen-bond acceptors (Lipinski definition) is 6. The van der Waals surface area contributed by atoms with Crippen LogP contribution in [0, 0.1) is 0 Å². The molecule has 1 fully saturated rings. The largest absolute Gasteiger partial charge is 0.454 e. The minimum atomic E-state index is -2.39. The monoisotopic (exact) mass is 416 g/mol. The molecule has 1 saturated heterocycles. The summed E-state index contributed by atoms with van der Waals surface area (Å²) in [5, 5.41) is 2.87. The van der Waals surface area contributed by atoms with Crippen molar-refractivity contribution in [2.45, 2.75) is 6.54 Å². The van der Waals surface area contributed by atoms with Crippen molar-refractivity contribution in [2.24, 2.45) is 0 Å². The van der Waals surface area contributed by atoms with Crippen LogP contribution in [-0.4, -0.2) is 67.1 Å². The molecule has 0 radical (unpaired) electrons. The Kier molecular flexibility index (Phi) is 5.48. The molecule has 1 aromatic heterocycles. The number of aromatic nitrogens is 1. The molecule has 0 atom stereocenters. The minimum absolute atomic E-state index is 0.140. The first-order chi connectivity index (χ1) is 13.9. The summed E-state index contributed by atoms with van der Waals surface area (Å²) in [6.07, 6.45) is 1.56. The van der Waals surface area contributed by atoms with E-state index in [9.17, 15) is 9.36 Å². The molecule has 0 unspecified atom stereocenters. The molecular formula is C20H25N4O4P. The lowest BCUT2D eigenvalue weighted by molar-refractivity contribution is 0.143. The molecule has 2 amide bonds. The standard InChI is InChI=1S/C20H25N4O4P/c1-29(2,26)19-6-4-16(12-21-19)22-20(25)24-9-7-23(8-10-24)13-15-3-5-17-18(11-15)28-14-27-17/h3-6,11-12H,7-10,13-14H2,1-2H3,(H,22,25). The average molecular weight is 416 g/mol. The van der Waals surface area contributed by atoms with Gasteiger partial charge in [-0.1, -0.05) is 6.07 Å². The van der Waals surface area contributed by atoms with Crippen molar-refractivity contribution in [1.82, 2.24) is 14.8 Å². The Hall–Kier alpha value is -2.57. The zero-order valence-electron chi connectivity index (χ0n) is 16.6. The first kappa shape index (κ1) is 19.7. The van der Waals surface area contributed by atoms with Gasteiger partial charge in [0.15, 0.2) is 11.5 Å². The molecule has 2 aliphatic rings. The van der Waals surface area contributed by atoms with Gasteiger partial charge in [-0.2, -0.15) is 0 Å². The second-order valence-electron chi connectivity index (χ2n) is 7.64. The Morgan fingerprint density at radius 1 is 1.10 bits per heavy atom. The number of carbonyl (C=O) groups is 1. The van der Waals surface area contributed by atoms with Crippen molar-refractivity contribution < 1.29 is 18.8 Å². The molecule has 29 heavy (non-hydrogen) atoms. The fourth-order valence-corrected chi connectivity index (χ4v) is 4.16. The van der Waals surface area contributed by atoms with Crippen LogP contribution in [0.4, 0.5) is 10.5 Å². The van der Waals surface area contributed by atoms with Gasteiger partial charge >= 0.3 is 6.03 Å². The average Bonchev–Trinajstić information content (AvgIpc) is 3.16. The molecule has 9 heteroatoms. The maximum Gasteiger partial charge on any atom is 0.321 e. The number of amides is 2. The van der Waals surface area contributed by atoms with Gasteiger partial charge in [0.2, 0.25) is 6.79 Å². The molecule has 0 saturated carbocycles. The van der Waals surface area contributed by atoms with Gasteiger partial charge in [0.05, 0.1) is 17.3 Å². The molecule has 2 aliphatic heterocycles. The first-order valence-electron chi connectivity index (χ1n) is 9.57. The fourth-order valence-electron chi connectivity index (χ4n) is 3.39. The SMILES string of the molecule is CP(C)(=O)c1ccc(NC(=O)N2CCN(Cc3ccc4c(c3)OCO4)CC2)cn1. The number of nitrogens with zero attached hydrogens (tertiary/aromatic N) is 3. The minimum Gasteiger partial charge on any atom is -0.454 e. The highest BCUT2D eigenvalue weighted by atomic mass is 31.2. The Labute approximate surface area is 170 Å². The van der Waals surface area contributed by atoms with Crippen LogP contribution in [0.25, 0.3) is 0 Å². The second kappa shape index (κ2) is 8.05. The molecular weight excluding hydrogens is 391 g/mol. The lowest BCUT2D eigenvalue weighted by Crippen LogP contribution is -2.49. The Balaban J connectivity index is 1.28. The Bertz CT molecular complexity index is 936. The van der Waals surface area contributed by atoms with Crippen molar-refractivity contribution >= 4 is 24.3 Å². The molecule has 4 rings (SSSR count). The van der Waals surface area contributed by atoms with E-state index in [4.69, 9.17) is 9.47 Å². The van der Waals surface area contributed by atoms with E-state index < -0.39 is 7.14 Å². The van der Waals surface area contributed by atoms with Crippen LogP contribution in [0.3, 0.4) is 0 Å². The van der Waals surface area contributed by atoms with Crippen LogP contribution in [-0.2, 0) is 11.1 Å². The first-order valence-corrected chi connectivity index (χ1v) is 12.2. The van der Waals surface area contributed by atoms with Crippen molar-refractivity contribution in [3.8, 4) is 11.5 Å². The van der Waals surface area contributed by atoms with Gasteiger partial charge in [0, 0.05) is 32.7 Å². The van der Waals surface area contributed by atoms with E-state index in [0.29, 0.717) is 24.2 Å². The number of anilines is 1. The molecule has 1 N–H and O–H groups in total. The third-order valence-electron chi connectivity index (χ3n) is 5.05. The van der Waals surface area contributed by atoms with Crippen LogP contribution >= 0.6 is 7.14 Å². The number of nitrogens with one attached hydrogen (secondary N) is 1. The molecule has 3 heterocycles. The molecule has 0 spiro atoms. The third kappa shape index (κ3) is 4.71. The summed E-state index contributed by atoms with van der Waals surface area (Å²) in [4.78, 5) is 20.9. The number of rotatable bonds is 4. The Morgan fingerprint density at radius 2 is 1.86 bits per heavy atom. The zero-order chi connectivity index (χ0) is 20.4. The highest BCUT2D eigenvalue weighted by molar-refractivity contribution is 7.69. The van der Waals surface area contributed by atoms with Crippen LogP contribution in [0.1, 0.15) is 5.56 Å². The van der Waals surface area contributed by atoms with Crippen LogP contribution in [0.15, 0.2) is 36.5 Å². The van der Waals surface area contributed by atoms with Gasteiger partial charge in [-0.05, 0) is 43.2 Å². The summed E-state index contributed by atoms with van der Waals surface area (Å²) in [5.41, 5.74) is 2.34. The van der Waals surface area contributed by atoms with Gasteiger partial charge in [0.25, 0.3) is 0 Å². The number of hydrogen-bond donors (Lipinski definition) is 1. The lowest BCUT2D eigenvalue weighted by atomic mass is 10.1. The van der Waals surface area contributed by atoms with Crippen molar-refractivity contribution in [2.75, 3.05) is 51.6 Å². The van der Waals surface area contributed by atoms with Crippen molar-refractivity contribution in [3.05, 3.63) is 42.1 Å². The van der Waals surface area contributed by atoms with E-state index in [1.165, 1.54) is 5.56 Å². The normalized spacial score (nSPS) is 16.7. The predicted molar refractivity (Wildman–Crippen MR) is 112 cm³/mol. The molecule has 1 aromatic carbocycles. The zero-order valence-corrected chi connectivity index (χ0v) is 17.5. The lowest BCUT2D eigenvalue weighted by Gasteiger charge is -2.34. The van der Waals surface area contributed by atoms with Gasteiger partial charge in [-0.15, -0.1) is 0 Å². The number of ether oxygens (including phenoxy) is 2. The Morgan fingerprint density at radius 3 is 2.55 bits per heavy atom. The summed E-state index contributed by atoms with van der Waals surface area (Å²) < 4.78 is 22.8. The maximum atomic E-state index is 12.5. The van der Waals surface area contributed by atoms with E-state index in [1.54, 1.807) is 36.6 Å².